The molecule has 18 heavy (non-hydrogen) atoms. The maximum atomic E-state index is 12.1. The highest BCUT2D eigenvalue weighted by atomic mass is 19.4. The number of allylic oxidation sites excluding steroid dienone is 1. The minimum atomic E-state index is -4.91. The molecule has 0 fully saturated rings. The van der Waals surface area contributed by atoms with Gasteiger partial charge in [0.15, 0.2) is 0 Å². The fourth-order valence-corrected chi connectivity index (χ4v) is 1.24. The summed E-state index contributed by atoms with van der Waals surface area (Å²) in [5.74, 6) is -1.69. The molecule has 0 aliphatic rings. The molecule has 0 unspecified atom stereocenters. The molecule has 0 N–H and O–H groups in total. The molecular weight excluding hydrogens is 249 g/mol. The highest BCUT2D eigenvalue weighted by Crippen LogP contribution is 2.23. The Morgan fingerprint density at radius 2 is 1.94 bits per heavy atom. The minimum Gasteiger partial charge on any atom is -0.497 e. The highest BCUT2D eigenvalue weighted by Gasteiger charge is 2.37. The van der Waals surface area contributed by atoms with Gasteiger partial charge in [-0.15, -0.1) is 0 Å². The van der Waals surface area contributed by atoms with E-state index < -0.39 is 12.0 Å². The van der Waals surface area contributed by atoms with Crippen LogP contribution in [0.4, 0.5) is 13.2 Å². The van der Waals surface area contributed by atoms with E-state index in [1.807, 2.05) is 0 Å². The predicted octanol–water partition coefficient (Wildman–Crippen LogP) is 2.81. The van der Waals surface area contributed by atoms with Gasteiger partial charge >= 0.3 is 6.18 Å². The second-order valence-electron chi connectivity index (χ2n) is 3.31. The molecule has 0 aliphatic carbocycles. The average Bonchev–Trinajstić information content (AvgIpc) is 2.34. The summed E-state index contributed by atoms with van der Waals surface area (Å²) in [5.41, 5.74) is 0.328. The number of carbonyl (C=O) groups is 1. The maximum absolute atomic E-state index is 12.1. The molecule has 1 aromatic carbocycles. The molecule has 0 atom stereocenters. The summed E-state index contributed by atoms with van der Waals surface area (Å²) in [6.45, 7) is 0. The van der Waals surface area contributed by atoms with Gasteiger partial charge in [-0.1, -0.05) is 12.1 Å². The summed E-state index contributed by atoms with van der Waals surface area (Å²) in [6, 6.07) is 6.20. The van der Waals surface area contributed by atoms with Crippen molar-refractivity contribution in [3.05, 3.63) is 35.9 Å². The smallest absolute Gasteiger partial charge is 0.454 e. The second-order valence-corrected chi connectivity index (χ2v) is 3.31. The zero-order valence-corrected chi connectivity index (χ0v) is 9.75. The van der Waals surface area contributed by atoms with Crippen molar-refractivity contribution in [2.75, 3.05) is 14.2 Å². The fourth-order valence-electron chi connectivity index (χ4n) is 1.24. The van der Waals surface area contributed by atoms with Gasteiger partial charge in [0.25, 0.3) is 5.78 Å². The van der Waals surface area contributed by atoms with Gasteiger partial charge in [-0.05, 0) is 12.1 Å². The number of carbonyl (C=O) groups excluding carboxylic acids is 1. The van der Waals surface area contributed by atoms with Gasteiger partial charge in [0.05, 0.1) is 14.2 Å². The Morgan fingerprint density at radius 1 is 1.28 bits per heavy atom. The predicted molar refractivity (Wildman–Crippen MR) is 59.0 cm³/mol. The molecule has 0 amide bonds. The van der Waals surface area contributed by atoms with Crippen molar-refractivity contribution in [2.24, 2.45) is 0 Å². The van der Waals surface area contributed by atoms with E-state index in [0.717, 1.165) is 0 Å². The molecule has 0 aliphatic heterocycles. The van der Waals surface area contributed by atoms with Crippen LogP contribution in [-0.2, 0) is 9.53 Å². The molecule has 0 spiro atoms. The first-order valence-electron chi connectivity index (χ1n) is 4.89. The van der Waals surface area contributed by atoms with E-state index in [-0.39, 0.29) is 5.76 Å². The Bertz CT molecular complexity index is 464. The Balaban J connectivity index is 3.09. The van der Waals surface area contributed by atoms with Crippen molar-refractivity contribution in [3.63, 3.8) is 0 Å². The maximum Gasteiger partial charge on any atom is 0.454 e. The third kappa shape index (κ3) is 3.51. The molecule has 3 nitrogen and oxygen atoms in total. The van der Waals surface area contributed by atoms with Gasteiger partial charge in [0, 0.05) is 11.6 Å². The summed E-state index contributed by atoms with van der Waals surface area (Å²) < 4.78 is 46.1. The fraction of sp³-hybridized carbons (Fsp3) is 0.250. The van der Waals surface area contributed by atoms with Crippen LogP contribution in [0.15, 0.2) is 30.3 Å². The SMILES string of the molecule is CO/C(=C\C(=O)C(F)(F)F)c1cccc(OC)c1. The largest absolute Gasteiger partial charge is 0.497 e. The summed E-state index contributed by atoms with van der Waals surface area (Å²) in [7, 11) is 2.62. The topological polar surface area (TPSA) is 35.5 Å². The lowest BCUT2D eigenvalue weighted by molar-refractivity contribution is -0.165. The lowest BCUT2D eigenvalue weighted by Crippen LogP contribution is -2.20. The highest BCUT2D eigenvalue weighted by molar-refractivity contribution is 5.99. The van der Waals surface area contributed by atoms with Crippen LogP contribution in [0.5, 0.6) is 5.75 Å². The molecule has 0 saturated carbocycles. The Hall–Kier alpha value is -1.98. The van der Waals surface area contributed by atoms with E-state index in [2.05, 4.69) is 0 Å². The molecule has 0 bridgehead atoms. The molecule has 98 valence electrons. The van der Waals surface area contributed by atoms with Crippen molar-refractivity contribution >= 4 is 11.5 Å². The van der Waals surface area contributed by atoms with E-state index >= 15 is 0 Å². The second kappa shape index (κ2) is 5.57. The van der Waals surface area contributed by atoms with Crippen LogP contribution in [0.3, 0.4) is 0 Å². The number of halogens is 3. The quantitative estimate of drug-likeness (QED) is 0.617. The van der Waals surface area contributed by atoms with Gasteiger partial charge in [-0.2, -0.15) is 13.2 Å². The number of alkyl halides is 3. The zero-order valence-electron chi connectivity index (χ0n) is 9.75. The summed E-state index contributed by atoms with van der Waals surface area (Å²) in [4.78, 5) is 10.8. The number of ketones is 1. The van der Waals surface area contributed by atoms with Crippen LogP contribution in [0.2, 0.25) is 0 Å². The molecule has 0 aromatic heterocycles. The third-order valence-corrected chi connectivity index (χ3v) is 2.12. The van der Waals surface area contributed by atoms with Gasteiger partial charge in [-0.3, -0.25) is 4.79 Å². The van der Waals surface area contributed by atoms with Gasteiger partial charge in [0.2, 0.25) is 0 Å². The van der Waals surface area contributed by atoms with E-state index in [4.69, 9.17) is 9.47 Å². The lowest BCUT2D eigenvalue weighted by atomic mass is 10.1. The normalized spacial score (nSPS) is 12.2. The van der Waals surface area contributed by atoms with Gasteiger partial charge in [-0.25, -0.2) is 0 Å². The lowest BCUT2D eigenvalue weighted by Gasteiger charge is -2.08. The summed E-state index contributed by atoms with van der Waals surface area (Å²) in [5, 5.41) is 0. The van der Waals surface area contributed by atoms with E-state index in [1.165, 1.54) is 26.4 Å². The van der Waals surface area contributed by atoms with Crippen molar-refractivity contribution < 1.29 is 27.4 Å². The van der Waals surface area contributed by atoms with Crippen LogP contribution in [-0.4, -0.2) is 26.2 Å². The average molecular weight is 260 g/mol. The molecule has 0 heterocycles. The Kier molecular flexibility index (Phi) is 4.36. The van der Waals surface area contributed by atoms with Gasteiger partial charge < -0.3 is 9.47 Å². The van der Waals surface area contributed by atoms with Crippen LogP contribution < -0.4 is 4.74 Å². The van der Waals surface area contributed by atoms with Crippen LogP contribution in [0, 0.1) is 0 Å². The van der Waals surface area contributed by atoms with E-state index in [9.17, 15) is 18.0 Å². The molecular formula is C12H11F3O3. The molecule has 6 heteroatoms. The monoisotopic (exact) mass is 260 g/mol. The van der Waals surface area contributed by atoms with Crippen LogP contribution in [0.1, 0.15) is 5.56 Å². The Morgan fingerprint density at radius 3 is 2.44 bits per heavy atom. The summed E-state index contributed by atoms with van der Waals surface area (Å²) in [6.07, 6.45) is -4.50. The van der Waals surface area contributed by atoms with Crippen molar-refractivity contribution in [3.8, 4) is 5.75 Å². The number of methoxy groups -OCH3 is 2. The molecule has 0 radical (unpaired) electrons. The van der Waals surface area contributed by atoms with Crippen molar-refractivity contribution in [1.82, 2.24) is 0 Å². The number of hydrogen-bond donors (Lipinski definition) is 0. The molecule has 0 saturated heterocycles. The number of benzene rings is 1. The standard InChI is InChI=1S/C12H11F3O3/c1-17-9-5-3-4-8(6-9)10(18-2)7-11(16)12(13,14)15/h3-7H,1-2H3/b10-7-. The van der Waals surface area contributed by atoms with Crippen molar-refractivity contribution in [2.45, 2.75) is 6.18 Å². The Labute approximate surface area is 102 Å². The number of ether oxygens (including phenoxy) is 2. The minimum absolute atomic E-state index is 0.170. The third-order valence-electron chi connectivity index (χ3n) is 2.12. The van der Waals surface area contributed by atoms with Crippen molar-refractivity contribution in [1.29, 1.82) is 0 Å². The molecule has 1 rings (SSSR count). The first-order valence-corrected chi connectivity index (χ1v) is 4.89. The van der Waals surface area contributed by atoms with Crippen LogP contribution >= 0.6 is 0 Å². The van der Waals surface area contributed by atoms with Crippen LogP contribution in [0.25, 0.3) is 5.76 Å². The zero-order chi connectivity index (χ0) is 13.8. The number of hydrogen-bond acceptors (Lipinski definition) is 3. The molecule has 1 aromatic rings. The number of rotatable bonds is 4. The van der Waals surface area contributed by atoms with E-state index in [1.54, 1.807) is 12.1 Å². The first-order chi connectivity index (χ1) is 8.38. The van der Waals surface area contributed by atoms with Gasteiger partial charge in [0.1, 0.15) is 11.5 Å². The first kappa shape index (κ1) is 14.1. The summed E-state index contributed by atoms with van der Waals surface area (Å²) >= 11 is 0. The van der Waals surface area contributed by atoms with E-state index in [0.29, 0.717) is 17.4 Å².